The summed E-state index contributed by atoms with van der Waals surface area (Å²) < 4.78 is 56.6. The quantitative estimate of drug-likeness (QED) is 0.713. The van der Waals surface area contributed by atoms with Gasteiger partial charge in [0.05, 0.1) is 28.2 Å². The first-order valence-electron chi connectivity index (χ1n) is 8.51. The van der Waals surface area contributed by atoms with Crippen molar-refractivity contribution in [3.63, 3.8) is 0 Å². The lowest BCUT2D eigenvalue weighted by molar-refractivity contribution is -0.148. The van der Waals surface area contributed by atoms with Gasteiger partial charge in [-0.3, -0.25) is 9.59 Å². The van der Waals surface area contributed by atoms with E-state index in [1.54, 1.807) is 0 Å². The summed E-state index contributed by atoms with van der Waals surface area (Å²) in [5.41, 5.74) is -0.0188. The predicted molar refractivity (Wildman–Crippen MR) is 101 cm³/mol. The number of rotatable bonds is 5. The lowest BCUT2D eigenvalue weighted by Crippen LogP contribution is -2.40. The Hall–Kier alpha value is -2.52. The Labute approximate surface area is 170 Å². The van der Waals surface area contributed by atoms with Gasteiger partial charge in [0.2, 0.25) is 0 Å². The Kier molecular flexibility index (Phi) is 5.90. The van der Waals surface area contributed by atoms with Crippen LogP contribution in [0.5, 0.6) is 0 Å². The molecule has 1 saturated carbocycles. The second-order valence-electron chi connectivity index (χ2n) is 6.59. The first-order valence-corrected chi connectivity index (χ1v) is 10.4. The number of anilines is 1. The molecular formula is C19H16ClF2NO5S. The molecule has 3 rings (SSSR count). The van der Waals surface area contributed by atoms with Crippen LogP contribution >= 0.6 is 11.6 Å². The van der Waals surface area contributed by atoms with Gasteiger partial charge in [0.25, 0.3) is 5.91 Å². The maximum absolute atomic E-state index is 13.3. The average Bonchev–Trinajstić information content (AvgIpc) is 2.63. The molecule has 1 N–H and O–H groups in total. The molecule has 1 aliphatic rings. The van der Waals surface area contributed by atoms with Crippen LogP contribution in [-0.4, -0.2) is 32.7 Å². The van der Waals surface area contributed by atoms with Crippen molar-refractivity contribution in [3.05, 3.63) is 58.6 Å². The van der Waals surface area contributed by atoms with Crippen molar-refractivity contribution in [2.75, 3.05) is 12.4 Å². The number of halogens is 3. The molecule has 1 aliphatic carbocycles. The molecule has 0 unspecified atom stereocenters. The number of benzene rings is 2. The van der Waals surface area contributed by atoms with Crippen LogP contribution < -0.4 is 5.32 Å². The van der Waals surface area contributed by atoms with Gasteiger partial charge in [-0.15, -0.1) is 0 Å². The smallest absolute Gasteiger partial charge is 0.308 e. The highest BCUT2D eigenvalue weighted by Crippen LogP contribution is 2.39. The Morgan fingerprint density at radius 1 is 1.10 bits per heavy atom. The summed E-state index contributed by atoms with van der Waals surface area (Å²) in [5.74, 6) is -3.87. The van der Waals surface area contributed by atoms with Crippen LogP contribution in [0.2, 0.25) is 5.02 Å². The van der Waals surface area contributed by atoms with Gasteiger partial charge < -0.3 is 10.1 Å². The Morgan fingerprint density at radius 2 is 1.79 bits per heavy atom. The van der Waals surface area contributed by atoms with Gasteiger partial charge in [-0.05, 0) is 43.2 Å². The van der Waals surface area contributed by atoms with E-state index in [0.717, 1.165) is 18.2 Å². The van der Waals surface area contributed by atoms with E-state index in [0.29, 0.717) is 0 Å². The number of hydrogen-bond acceptors (Lipinski definition) is 5. The second kappa shape index (κ2) is 8.08. The van der Waals surface area contributed by atoms with Crippen molar-refractivity contribution in [2.24, 2.45) is 5.92 Å². The van der Waals surface area contributed by atoms with Gasteiger partial charge in [0, 0.05) is 17.3 Å². The van der Waals surface area contributed by atoms with Crippen LogP contribution in [-0.2, 0) is 19.4 Å². The number of hydrogen-bond donors (Lipinski definition) is 1. The second-order valence-corrected chi connectivity index (χ2v) is 9.19. The molecule has 29 heavy (non-hydrogen) atoms. The van der Waals surface area contributed by atoms with Crippen molar-refractivity contribution >= 4 is 39.0 Å². The summed E-state index contributed by atoms with van der Waals surface area (Å²) in [5, 5.41) is 1.50. The number of amides is 1. The van der Waals surface area contributed by atoms with Gasteiger partial charge in [0.15, 0.2) is 21.5 Å². The van der Waals surface area contributed by atoms with Crippen molar-refractivity contribution in [3.8, 4) is 0 Å². The number of carbonyl (C=O) groups excluding carboxylic acids is 2. The summed E-state index contributed by atoms with van der Waals surface area (Å²) in [6.45, 7) is 0. The minimum atomic E-state index is -3.88. The molecule has 154 valence electrons. The maximum atomic E-state index is 13.3. The number of carbonyl (C=O) groups is 2. The van der Waals surface area contributed by atoms with Crippen LogP contribution in [0, 0.1) is 17.6 Å². The fourth-order valence-corrected chi connectivity index (χ4v) is 5.40. The van der Waals surface area contributed by atoms with E-state index in [2.05, 4.69) is 10.1 Å². The highest BCUT2D eigenvalue weighted by Gasteiger charge is 2.44. The Balaban J connectivity index is 1.81. The van der Waals surface area contributed by atoms with Crippen LogP contribution in [0.4, 0.5) is 14.5 Å². The van der Waals surface area contributed by atoms with E-state index >= 15 is 0 Å². The summed E-state index contributed by atoms with van der Waals surface area (Å²) in [6, 6.07) is 6.54. The maximum Gasteiger partial charge on any atom is 0.308 e. The fourth-order valence-electron chi connectivity index (χ4n) is 3.00. The molecule has 0 aliphatic heterocycles. The van der Waals surface area contributed by atoms with Crippen molar-refractivity contribution < 1.29 is 31.5 Å². The highest BCUT2D eigenvalue weighted by molar-refractivity contribution is 7.92. The lowest BCUT2D eigenvalue weighted by atomic mass is 9.85. The molecule has 0 atom stereocenters. The van der Waals surface area contributed by atoms with E-state index in [-0.39, 0.29) is 34.0 Å². The SMILES string of the molecule is COC(=O)C1CC(S(=O)(=O)c2cc(C(=O)Nc3ccc(F)c(F)c3)ccc2Cl)C1. The largest absolute Gasteiger partial charge is 0.469 e. The molecular weight excluding hydrogens is 428 g/mol. The molecule has 2 aromatic carbocycles. The number of sulfone groups is 1. The molecule has 2 aromatic rings. The van der Waals surface area contributed by atoms with E-state index in [9.17, 15) is 26.8 Å². The van der Waals surface area contributed by atoms with Crippen LogP contribution in [0.3, 0.4) is 0 Å². The summed E-state index contributed by atoms with van der Waals surface area (Å²) in [6.07, 6.45) is 0.216. The molecule has 0 radical (unpaired) electrons. The number of methoxy groups -OCH3 is 1. The van der Waals surface area contributed by atoms with E-state index in [1.807, 2.05) is 0 Å². The van der Waals surface area contributed by atoms with Gasteiger partial charge in [-0.1, -0.05) is 11.6 Å². The molecule has 1 amide bonds. The summed E-state index contributed by atoms with van der Waals surface area (Å²) >= 11 is 6.04. The molecule has 0 bridgehead atoms. The third kappa shape index (κ3) is 4.25. The van der Waals surface area contributed by atoms with Gasteiger partial charge in [0.1, 0.15) is 0 Å². The minimum absolute atomic E-state index is 0.00756. The summed E-state index contributed by atoms with van der Waals surface area (Å²) in [7, 11) is -2.65. The third-order valence-corrected chi connectivity index (χ3v) is 7.40. The zero-order valence-electron chi connectivity index (χ0n) is 15.1. The Bertz CT molecular complexity index is 1080. The minimum Gasteiger partial charge on any atom is -0.469 e. The van der Waals surface area contributed by atoms with Crippen LogP contribution in [0.15, 0.2) is 41.3 Å². The summed E-state index contributed by atoms with van der Waals surface area (Å²) in [4.78, 5) is 23.7. The van der Waals surface area contributed by atoms with Crippen molar-refractivity contribution in [1.29, 1.82) is 0 Å². The average molecular weight is 444 g/mol. The molecule has 1 fully saturated rings. The highest BCUT2D eigenvalue weighted by atomic mass is 35.5. The van der Waals surface area contributed by atoms with E-state index in [4.69, 9.17) is 11.6 Å². The molecule has 0 heterocycles. The lowest BCUT2D eigenvalue weighted by Gasteiger charge is -2.32. The topological polar surface area (TPSA) is 89.5 Å². The monoisotopic (exact) mass is 443 g/mol. The van der Waals surface area contributed by atoms with E-state index < -0.39 is 44.5 Å². The predicted octanol–water partition coefficient (Wildman–Crippen LogP) is 3.60. The number of ether oxygens (including phenoxy) is 1. The van der Waals surface area contributed by atoms with Gasteiger partial charge in [-0.2, -0.15) is 0 Å². The zero-order valence-corrected chi connectivity index (χ0v) is 16.7. The number of esters is 1. The Morgan fingerprint density at radius 3 is 2.41 bits per heavy atom. The number of nitrogens with one attached hydrogen (secondary N) is 1. The first kappa shape index (κ1) is 21.2. The standard InChI is InChI=1S/C19H16ClF2NO5S/c1-28-19(25)11-6-13(7-11)29(26,27)17-8-10(2-4-14(17)20)18(24)23-12-3-5-15(21)16(22)9-12/h2-5,8-9,11,13H,6-7H2,1H3,(H,23,24). The molecule has 0 saturated heterocycles. The van der Waals surface area contributed by atoms with Gasteiger partial charge in [-0.25, -0.2) is 17.2 Å². The molecule has 6 nitrogen and oxygen atoms in total. The fraction of sp³-hybridized carbons (Fsp3) is 0.263. The zero-order chi connectivity index (χ0) is 21.3. The third-order valence-electron chi connectivity index (χ3n) is 4.75. The molecule has 0 spiro atoms. The van der Waals surface area contributed by atoms with Gasteiger partial charge >= 0.3 is 5.97 Å². The normalized spacial score (nSPS) is 18.6. The first-order chi connectivity index (χ1) is 13.6. The van der Waals surface area contributed by atoms with Crippen molar-refractivity contribution in [1.82, 2.24) is 0 Å². The van der Waals surface area contributed by atoms with Crippen LogP contribution in [0.25, 0.3) is 0 Å². The molecule has 0 aromatic heterocycles. The van der Waals surface area contributed by atoms with Crippen LogP contribution in [0.1, 0.15) is 23.2 Å². The van der Waals surface area contributed by atoms with Crippen molar-refractivity contribution in [2.45, 2.75) is 23.0 Å². The molecule has 10 heteroatoms. The van der Waals surface area contributed by atoms with E-state index in [1.165, 1.54) is 25.3 Å².